The standard InChI is InChI=1S/C25H21ClOSi/c26-28(23-12-6-2-7-13-23,24-14-8-3-9-15-24)25-18-16-22(17-19-25)27-20-21-10-4-1-5-11-21/h1-19H,20H2. The van der Waals surface area contributed by atoms with Crippen molar-refractivity contribution in [3.8, 4) is 5.75 Å². The van der Waals surface area contributed by atoms with Gasteiger partial charge >= 0.3 is 0 Å². The van der Waals surface area contributed by atoms with Gasteiger partial charge in [-0.25, -0.2) is 0 Å². The molecule has 4 aromatic carbocycles. The van der Waals surface area contributed by atoms with E-state index in [0.717, 1.165) is 16.5 Å². The number of benzene rings is 4. The van der Waals surface area contributed by atoms with Crippen LogP contribution in [0.25, 0.3) is 0 Å². The fraction of sp³-hybridized carbons (Fsp3) is 0.0400. The van der Waals surface area contributed by atoms with E-state index >= 15 is 0 Å². The van der Waals surface area contributed by atoms with Crippen LogP contribution in [0.3, 0.4) is 0 Å². The molecule has 0 atom stereocenters. The molecule has 0 fully saturated rings. The molecule has 138 valence electrons. The summed E-state index contributed by atoms with van der Waals surface area (Å²) in [5.74, 6) is 0.849. The predicted octanol–water partition coefficient (Wildman–Crippen LogP) is 4.47. The van der Waals surface area contributed by atoms with Crippen molar-refractivity contribution < 1.29 is 4.74 Å². The number of hydrogen-bond donors (Lipinski definition) is 0. The first-order valence-corrected chi connectivity index (χ1v) is 12.4. The number of halogens is 1. The Labute approximate surface area is 171 Å². The lowest BCUT2D eigenvalue weighted by molar-refractivity contribution is 0.306. The summed E-state index contributed by atoms with van der Waals surface area (Å²) in [6, 6.07) is 39.3. The monoisotopic (exact) mass is 400 g/mol. The molecule has 0 amide bonds. The third-order valence-electron chi connectivity index (χ3n) is 4.84. The molecule has 0 heterocycles. The maximum atomic E-state index is 7.44. The molecular formula is C25H21ClOSi. The molecule has 0 aliphatic carbocycles. The van der Waals surface area contributed by atoms with Crippen molar-refractivity contribution in [3.05, 3.63) is 121 Å². The third kappa shape index (κ3) is 3.89. The zero-order valence-electron chi connectivity index (χ0n) is 15.5. The van der Waals surface area contributed by atoms with Crippen molar-refractivity contribution in [2.75, 3.05) is 0 Å². The molecule has 3 heteroatoms. The second-order valence-corrected chi connectivity index (χ2v) is 11.4. The van der Waals surface area contributed by atoms with E-state index in [0.29, 0.717) is 6.61 Å². The van der Waals surface area contributed by atoms with Crippen LogP contribution in [0.2, 0.25) is 0 Å². The molecule has 0 radical (unpaired) electrons. The van der Waals surface area contributed by atoms with Crippen LogP contribution in [0.15, 0.2) is 115 Å². The summed E-state index contributed by atoms with van der Waals surface area (Å²) >= 11 is 7.44. The molecule has 0 aliphatic heterocycles. The molecule has 0 N–H and O–H groups in total. The second-order valence-electron chi connectivity index (χ2n) is 6.69. The van der Waals surface area contributed by atoms with E-state index in [9.17, 15) is 0 Å². The van der Waals surface area contributed by atoms with Gasteiger partial charge < -0.3 is 4.74 Å². The lowest BCUT2D eigenvalue weighted by atomic mass is 10.2. The lowest BCUT2D eigenvalue weighted by Crippen LogP contribution is -2.62. The maximum absolute atomic E-state index is 7.44. The highest BCUT2D eigenvalue weighted by molar-refractivity contribution is 7.40. The normalized spacial score (nSPS) is 11.2. The van der Waals surface area contributed by atoms with Crippen molar-refractivity contribution in [3.63, 3.8) is 0 Å². The van der Waals surface area contributed by atoms with Crippen molar-refractivity contribution >= 4 is 34.0 Å². The second kappa shape index (κ2) is 8.47. The zero-order valence-corrected chi connectivity index (χ0v) is 17.2. The van der Waals surface area contributed by atoms with Gasteiger partial charge in [-0.15, -0.1) is 11.1 Å². The largest absolute Gasteiger partial charge is 0.489 e. The first-order chi connectivity index (χ1) is 13.8. The van der Waals surface area contributed by atoms with E-state index in [1.54, 1.807) is 0 Å². The minimum absolute atomic E-state index is 0.557. The number of ether oxygens (including phenoxy) is 1. The molecule has 0 bridgehead atoms. The molecule has 0 aliphatic rings. The summed E-state index contributed by atoms with van der Waals surface area (Å²) in [7, 11) is -2.57. The van der Waals surface area contributed by atoms with Gasteiger partial charge in [0, 0.05) is 0 Å². The summed E-state index contributed by atoms with van der Waals surface area (Å²) in [6.45, 7) is 0.557. The summed E-state index contributed by atoms with van der Waals surface area (Å²) in [5, 5.41) is 3.51. The van der Waals surface area contributed by atoms with Crippen LogP contribution in [0.4, 0.5) is 0 Å². The Bertz CT molecular complexity index is 963. The van der Waals surface area contributed by atoms with Crippen LogP contribution in [-0.2, 0) is 6.61 Å². The summed E-state index contributed by atoms with van der Waals surface area (Å²) < 4.78 is 5.94. The highest BCUT2D eigenvalue weighted by Crippen LogP contribution is 2.16. The fourth-order valence-corrected chi connectivity index (χ4v) is 7.42. The molecule has 0 saturated carbocycles. The van der Waals surface area contributed by atoms with Gasteiger partial charge in [-0.05, 0) is 33.3 Å². The van der Waals surface area contributed by atoms with Gasteiger partial charge in [-0.1, -0.05) is 103 Å². The van der Waals surface area contributed by atoms with Crippen molar-refractivity contribution in [1.82, 2.24) is 0 Å². The SMILES string of the molecule is Cl[Si](c1ccccc1)(c1ccccc1)c1ccc(OCc2ccccc2)cc1. The zero-order chi connectivity index (χ0) is 19.2. The van der Waals surface area contributed by atoms with Crippen LogP contribution in [-0.4, -0.2) is 7.38 Å². The van der Waals surface area contributed by atoms with Gasteiger partial charge in [0.15, 0.2) is 0 Å². The Morgan fingerprint density at radius 1 is 0.536 bits per heavy atom. The van der Waals surface area contributed by atoms with E-state index in [1.807, 2.05) is 42.5 Å². The van der Waals surface area contributed by atoms with Crippen LogP contribution in [0.5, 0.6) is 5.75 Å². The maximum Gasteiger partial charge on any atom is 0.247 e. The van der Waals surface area contributed by atoms with Crippen molar-refractivity contribution in [1.29, 1.82) is 0 Å². The summed E-state index contributed by atoms with van der Waals surface area (Å²) in [5.41, 5.74) is 1.15. The van der Waals surface area contributed by atoms with Gasteiger partial charge in [-0.2, -0.15) is 0 Å². The predicted molar refractivity (Wildman–Crippen MR) is 121 cm³/mol. The van der Waals surface area contributed by atoms with Crippen molar-refractivity contribution in [2.45, 2.75) is 6.61 Å². The Balaban J connectivity index is 1.64. The molecule has 0 aromatic heterocycles. The molecule has 0 unspecified atom stereocenters. The van der Waals surface area contributed by atoms with E-state index in [1.165, 1.54) is 10.4 Å². The first-order valence-electron chi connectivity index (χ1n) is 9.34. The van der Waals surface area contributed by atoms with Gasteiger partial charge in [0.2, 0.25) is 7.38 Å². The van der Waals surface area contributed by atoms with E-state index < -0.39 is 7.38 Å². The van der Waals surface area contributed by atoms with Gasteiger partial charge in [0.25, 0.3) is 0 Å². The molecular weight excluding hydrogens is 380 g/mol. The van der Waals surface area contributed by atoms with Gasteiger partial charge in [0.05, 0.1) is 0 Å². The minimum atomic E-state index is -2.57. The number of rotatable bonds is 6. The third-order valence-corrected chi connectivity index (χ3v) is 10.2. The van der Waals surface area contributed by atoms with Gasteiger partial charge in [0.1, 0.15) is 12.4 Å². The van der Waals surface area contributed by atoms with E-state index in [4.69, 9.17) is 15.8 Å². The Morgan fingerprint density at radius 2 is 0.964 bits per heavy atom. The Morgan fingerprint density at radius 3 is 1.46 bits per heavy atom. The summed E-state index contributed by atoms with van der Waals surface area (Å²) in [6.07, 6.45) is 0. The Hall–Kier alpha value is -2.81. The highest BCUT2D eigenvalue weighted by Gasteiger charge is 2.37. The molecule has 1 nitrogen and oxygen atoms in total. The fourth-order valence-electron chi connectivity index (χ4n) is 3.36. The van der Waals surface area contributed by atoms with Crippen LogP contribution < -0.4 is 20.3 Å². The molecule has 0 spiro atoms. The van der Waals surface area contributed by atoms with Crippen LogP contribution >= 0.6 is 11.1 Å². The quantitative estimate of drug-likeness (QED) is 0.263. The smallest absolute Gasteiger partial charge is 0.247 e. The topological polar surface area (TPSA) is 9.23 Å². The lowest BCUT2D eigenvalue weighted by Gasteiger charge is -2.26. The molecule has 28 heavy (non-hydrogen) atoms. The molecule has 4 rings (SSSR count). The Kier molecular flexibility index (Phi) is 5.61. The van der Waals surface area contributed by atoms with Crippen molar-refractivity contribution in [2.24, 2.45) is 0 Å². The van der Waals surface area contributed by atoms with Gasteiger partial charge in [-0.3, -0.25) is 0 Å². The average molecular weight is 401 g/mol. The number of hydrogen-bond acceptors (Lipinski definition) is 1. The highest BCUT2D eigenvalue weighted by atomic mass is 35.6. The minimum Gasteiger partial charge on any atom is -0.489 e. The summed E-state index contributed by atoms with van der Waals surface area (Å²) in [4.78, 5) is 0. The molecule has 4 aromatic rings. The van der Waals surface area contributed by atoms with E-state index in [2.05, 4.69) is 72.8 Å². The first kappa shape index (κ1) is 18.5. The van der Waals surface area contributed by atoms with E-state index in [-0.39, 0.29) is 0 Å². The van der Waals surface area contributed by atoms with Crippen LogP contribution in [0, 0.1) is 0 Å². The van der Waals surface area contributed by atoms with Crippen LogP contribution in [0.1, 0.15) is 5.56 Å². The molecule has 0 saturated heterocycles. The average Bonchev–Trinajstić information content (AvgIpc) is 2.79.